The number of rotatable bonds is 12. The molecule has 1 aliphatic rings. The molecule has 0 radical (unpaired) electrons. The molecule has 1 aliphatic carbocycles. The first-order chi connectivity index (χ1) is 21.6. The van der Waals surface area contributed by atoms with E-state index in [1.807, 2.05) is 12.1 Å². The molecule has 5 aromatic carbocycles. The molecule has 6 rings (SSSR count). The normalized spacial score (nSPS) is 14.2. The van der Waals surface area contributed by atoms with Crippen molar-refractivity contribution in [1.82, 2.24) is 4.90 Å². The molecular weight excluding hydrogens is 617 g/mol. The summed E-state index contributed by atoms with van der Waals surface area (Å²) in [4.78, 5) is 2.69. The van der Waals surface area contributed by atoms with Crippen LogP contribution < -0.4 is 4.74 Å². The number of halogens is 3. The van der Waals surface area contributed by atoms with Crippen LogP contribution in [0.15, 0.2) is 127 Å². The lowest BCUT2D eigenvalue weighted by atomic mass is 9.83. The van der Waals surface area contributed by atoms with Crippen LogP contribution in [0.1, 0.15) is 52.1 Å². The summed E-state index contributed by atoms with van der Waals surface area (Å²) in [7, 11) is 0. The average molecular weight is 657 g/mol. The molecule has 0 saturated carbocycles. The van der Waals surface area contributed by atoms with Gasteiger partial charge < -0.3 is 4.74 Å². The van der Waals surface area contributed by atoms with Crippen LogP contribution in [-0.2, 0) is 26.0 Å². The zero-order valence-corrected chi connectivity index (χ0v) is 27.8. The van der Waals surface area contributed by atoms with E-state index in [4.69, 9.17) is 27.9 Å². The summed E-state index contributed by atoms with van der Waals surface area (Å²) in [6.07, 6.45) is 4.45. The number of fused-ring (bicyclic) bond motifs is 1. The second-order valence-corrected chi connectivity index (χ2v) is 12.8. The van der Waals surface area contributed by atoms with Gasteiger partial charge in [0.2, 0.25) is 0 Å². The van der Waals surface area contributed by atoms with Crippen LogP contribution in [0.5, 0.6) is 5.75 Å². The maximum atomic E-state index is 6.35. The van der Waals surface area contributed by atoms with Gasteiger partial charge in [0.05, 0.1) is 0 Å². The largest absolute Gasteiger partial charge is 0.489 e. The molecule has 5 aromatic rings. The number of benzene rings is 5. The Morgan fingerprint density at radius 2 is 1.40 bits per heavy atom. The smallest absolute Gasteiger partial charge is 0.120 e. The molecule has 5 heteroatoms. The summed E-state index contributed by atoms with van der Waals surface area (Å²) in [6, 6.07) is 45.0. The van der Waals surface area contributed by atoms with E-state index < -0.39 is 0 Å². The molecule has 45 heavy (non-hydrogen) atoms. The van der Waals surface area contributed by atoms with Gasteiger partial charge in [0.1, 0.15) is 12.4 Å². The zero-order chi connectivity index (χ0) is 30.1. The molecule has 0 N–H and O–H groups in total. The molecule has 2 nitrogen and oxygen atoms in total. The van der Waals surface area contributed by atoms with Gasteiger partial charge in [0.25, 0.3) is 0 Å². The quantitative estimate of drug-likeness (QED) is 0.132. The molecule has 0 saturated heterocycles. The van der Waals surface area contributed by atoms with Gasteiger partial charge in [-0.2, -0.15) is 0 Å². The topological polar surface area (TPSA) is 12.5 Å². The molecule has 0 fully saturated rings. The highest BCUT2D eigenvalue weighted by Crippen LogP contribution is 2.32. The lowest BCUT2D eigenvalue weighted by Crippen LogP contribution is -2.33. The van der Waals surface area contributed by atoms with E-state index in [1.54, 1.807) is 6.07 Å². The number of ether oxygens (including phenoxy) is 1. The van der Waals surface area contributed by atoms with Crippen molar-refractivity contribution in [1.29, 1.82) is 0 Å². The van der Waals surface area contributed by atoms with Crippen molar-refractivity contribution in [3.05, 3.63) is 171 Å². The first kappa shape index (κ1) is 33.1. The van der Waals surface area contributed by atoms with Crippen LogP contribution in [0.4, 0.5) is 0 Å². The fraction of sp³-hybridized carbons (Fsp3) is 0.250. The van der Waals surface area contributed by atoms with Crippen LogP contribution in [0.25, 0.3) is 0 Å². The van der Waals surface area contributed by atoms with Gasteiger partial charge in [-0.25, -0.2) is 0 Å². The SMILES string of the molecule is Cl.Clc1ccc(COc2ccc3c(c2)CCC(CN(CCC(c2ccccc2)c2ccccc2)Cc2ccccc2)C3)c(Cl)c1. The monoisotopic (exact) mass is 655 g/mol. The maximum Gasteiger partial charge on any atom is 0.120 e. The van der Waals surface area contributed by atoms with Gasteiger partial charge in [0, 0.05) is 34.6 Å². The van der Waals surface area contributed by atoms with Gasteiger partial charge in [-0.15, -0.1) is 12.4 Å². The molecule has 0 heterocycles. The molecule has 0 spiro atoms. The Kier molecular flexibility index (Phi) is 12.0. The molecule has 0 aromatic heterocycles. The predicted molar refractivity (Wildman–Crippen MR) is 191 cm³/mol. The van der Waals surface area contributed by atoms with Crippen molar-refractivity contribution < 1.29 is 4.74 Å². The summed E-state index contributed by atoms with van der Waals surface area (Å²) in [5, 5.41) is 1.27. The second kappa shape index (κ2) is 16.3. The lowest BCUT2D eigenvalue weighted by Gasteiger charge is -2.32. The molecule has 1 atom stereocenters. The van der Waals surface area contributed by atoms with Crippen molar-refractivity contribution in [2.45, 2.75) is 44.8 Å². The van der Waals surface area contributed by atoms with E-state index in [-0.39, 0.29) is 12.4 Å². The third kappa shape index (κ3) is 9.15. The Bertz CT molecular complexity index is 1590. The summed E-state index contributed by atoms with van der Waals surface area (Å²) < 4.78 is 6.13. The van der Waals surface area contributed by atoms with Crippen molar-refractivity contribution in [3.8, 4) is 5.75 Å². The first-order valence-corrected chi connectivity index (χ1v) is 16.4. The summed E-state index contributed by atoms with van der Waals surface area (Å²) in [6.45, 7) is 3.55. The Hall–Kier alpha value is -3.27. The summed E-state index contributed by atoms with van der Waals surface area (Å²) >= 11 is 12.4. The van der Waals surface area contributed by atoms with E-state index in [1.165, 1.54) is 34.2 Å². The van der Waals surface area contributed by atoms with Gasteiger partial charge in [-0.05, 0) is 90.2 Å². The van der Waals surface area contributed by atoms with Crippen LogP contribution >= 0.6 is 35.6 Å². The van der Waals surface area contributed by atoms with Crippen LogP contribution in [0.2, 0.25) is 10.0 Å². The Labute approximate surface area is 284 Å². The van der Waals surface area contributed by atoms with Gasteiger partial charge in [-0.3, -0.25) is 4.90 Å². The number of hydrogen-bond acceptors (Lipinski definition) is 2. The van der Waals surface area contributed by atoms with E-state index in [0.717, 1.165) is 50.2 Å². The number of nitrogens with zero attached hydrogens (tertiary/aromatic N) is 1. The summed E-state index contributed by atoms with van der Waals surface area (Å²) in [5.41, 5.74) is 7.95. The highest BCUT2D eigenvalue weighted by Gasteiger charge is 2.23. The molecule has 0 aliphatic heterocycles. The molecule has 232 valence electrons. The van der Waals surface area contributed by atoms with Gasteiger partial charge >= 0.3 is 0 Å². The standard InChI is InChI=1S/C40H39Cl2NO.ClH/c41-37-20-18-36(40(42)26-37)29-44-38-21-19-34-24-31(16-17-35(34)25-38)28-43(27-30-10-4-1-5-11-30)23-22-39(32-12-6-2-7-13-32)33-14-8-3-9-15-33;/h1-15,18-21,25-26,31,39H,16-17,22-24,27-29H2;1H. The van der Waals surface area contributed by atoms with Crippen molar-refractivity contribution in [3.63, 3.8) is 0 Å². The average Bonchev–Trinajstić information content (AvgIpc) is 3.06. The molecule has 1 unspecified atom stereocenters. The fourth-order valence-electron chi connectivity index (χ4n) is 6.50. The zero-order valence-electron chi connectivity index (χ0n) is 25.5. The van der Waals surface area contributed by atoms with Gasteiger partial charge in [-0.1, -0.05) is 126 Å². The Morgan fingerprint density at radius 1 is 0.733 bits per heavy atom. The number of hydrogen-bond donors (Lipinski definition) is 0. The van der Waals surface area contributed by atoms with E-state index in [2.05, 4.69) is 114 Å². The molecular formula is C40H40Cl3NO. The highest BCUT2D eigenvalue weighted by molar-refractivity contribution is 6.35. The highest BCUT2D eigenvalue weighted by atomic mass is 35.5. The van der Waals surface area contributed by atoms with Crippen LogP contribution in [0, 0.1) is 5.92 Å². The minimum Gasteiger partial charge on any atom is -0.489 e. The lowest BCUT2D eigenvalue weighted by molar-refractivity contribution is 0.207. The number of aryl methyl sites for hydroxylation is 1. The second-order valence-electron chi connectivity index (χ2n) is 11.9. The van der Waals surface area contributed by atoms with Crippen LogP contribution in [-0.4, -0.2) is 18.0 Å². The molecule has 0 amide bonds. The van der Waals surface area contributed by atoms with Gasteiger partial charge in [0.15, 0.2) is 0 Å². The molecule has 0 bridgehead atoms. The Morgan fingerprint density at radius 3 is 2.07 bits per heavy atom. The predicted octanol–water partition coefficient (Wildman–Crippen LogP) is 10.8. The summed E-state index contributed by atoms with van der Waals surface area (Å²) in [5.74, 6) is 1.90. The third-order valence-electron chi connectivity index (χ3n) is 8.82. The van der Waals surface area contributed by atoms with Crippen molar-refractivity contribution in [2.75, 3.05) is 13.1 Å². The Balaban J connectivity index is 0.00000400. The van der Waals surface area contributed by atoms with Crippen molar-refractivity contribution in [2.24, 2.45) is 5.92 Å². The van der Waals surface area contributed by atoms with E-state index in [9.17, 15) is 0 Å². The fourth-order valence-corrected chi connectivity index (χ4v) is 6.97. The third-order valence-corrected chi connectivity index (χ3v) is 9.41. The van der Waals surface area contributed by atoms with E-state index >= 15 is 0 Å². The maximum absolute atomic E-state index is 6.35. The van der Waals surface area contributed by atoms with Crippen LogP contribution in [0.3, 0.4) is 0 Å². The van der Waals surface area contributed by atoms with Crippen molar-refractivity contribution >= 4 is 35.6 Å². The first-order valence-electron chi connectivity index (χ1n) is 15.7. The minimum atomic E-state index is 0. The minimum absolute atomic E-state index is 0. The van der Waals surface area contributed by atoms with E-state index in [0.29, 0.717) is 28.5 Å².